The minimum absolute atomic E-state index is 0.368. The molecule has 1 nitrogen and oxygen atoms in total. The minimum atomic E-state index is 0.368. The summed E-state index contributed by atoms with van der Waals surface area (Å²) in [5, 5.41) is 8.91. The Hall–Kier alpha value is -0.0400. The Morgan fingerprint density at radius 1 is 1.09 bits per heavy atom. The molecule has 0 aromatic heterocycles. The molecule has 0 aliphatic carbocycles. The van der Waals surface area contributed by atoms with Gasteiger partial charge in [0.05, 0.1) is 0 Å². The standard InChI is InChI=1S/C10H22O/c1-4-9(3)6-7-10(5-2)8-11/h9-11H,4-8H2,1-3H3. The van der Waals surface area contributed by atoms with E-state index in [9.17, 15) is 0 Å². The Bertz CT molecular complexity index is 76.9. The third-order valence-corrected chi connectivity index (χ3v) is 2.60. The summed E-state index contributed by atoms with van der Waals surface area (Å²) in [5.74, 6) is 1.37. The summed E-state index contributed by atoms with van der Waals surface area (Å²) in [4.78, 5) is 0. The average molecular weight is 158 g/mol. The van der Waals surface area contributed by atoms with Crippen LogP contribution in [0.3, 0.4) is 0 Å². The molecule has 11 heavy (non-hydrogen) atoms. The van der Waals surface area contributed by atoms with Crippen molar-refractivity contribution >= 4 is 0 Å². The Kier molecular flexibility index (Phi) is 6.63. The van der Waals surface area contributed by atoms with E-state index >= 15 is 0 Å². The number of hydrogen-bond acceptors (Lipinski definition) is 1. The second-order valence-electron chi connectivity index (χ2n) is 3.55. The highest BCUT2D eigenvalue weighted by atomic mass is 16.3. The molecular weight excluding hydrogens is 136 g/mol. The van der Waals surface area contributed by atoms with Gasteiger partial charge >= 0.3 is 0 Å². The molecule has 0 heterocycles. The zero-order chi connectivity index (χ0) is 8.69. The van der Waals surface area contributed by atoms with Crippen LogP contribution in [0.2, 0.25) is 0 Å². The fraction of sp³-hybridized carbons (Fsp3) is 1.00. The summed E-state index contributed by atoms with van der Waals surface area (Å²) in [6.45, 7) is 7.03. The molecule has 0 radical (unpaired) electrons. The Morgan fingerprint density at radius 2 is 1.73 bits per heavy atom. The molecule has 2 unspecified atom stereocenters. The monoisotopic (exact) mass is 158 g/mol. The third-order valence-electron chi connectivity index (χ3n) is 2.60. The predicted molar refractivity (Wildman–Crippen MR) is 49.6 cm³/mol. The first kappa shape index (κ1) is 11.0. The average Bonchev–Trinajstić information content (AvgIpc) is 2.06. The van der Waals surface area contributed by atoms with Crippen molar-refractivity contribution in [3.63, 3.8) is 0 Å². The molecule has 0 rings (SSSR count). The van der Waals surface area contributed by atoms with Crippen molar-refractivity contribution in [3.8, 4) is 0 Å². The first-order chi connectivity index (χ1) is 5.24. The van der Waals surface area contributed by atoms with Gasteiger partial charge in [-0.25, -0.2) is 0 Å². The molecule has 0 aliphatic rings. The lowest BCUT2D eigenvalue weighted by atomic mass is 9.94. The van der Waals surface area contributed by atoms with E-state index in [2.05, 4.69) is 20.8 Å². The molecule has 1 heteroatoms. The molecule has 2 atom stereocenters. The fourth-order valence-corrected chi connectivity index (χ4v) is 1.15. The van der Waals surface area contributed by atoms with E-state index in [0.29, 0.717) is 12.5 Å². The van der Waals surface area contributed by atoms with Crippen LogP contribution in [0, 0.1) is 11.8 Å². The van der Waals surface area contributed by atoms with Gasteiger partial charge in [-0.3, -0.25) is 0 Å². The van der Waals surface area contributed by atoms with Gasteiger partial charge in [-0.15, -0.1) is 0 Å². The Balaban J connectivity index is 3.34. The molecule has 0 aromatic carbocycles. The molecule has 0 saturated carbocycles. The molecule has 0 amide bonds. The minimum Gasteiger partial charge on any atom is -0.396 e. The van der Waals surface area contributed by atoms with Gasteiger partial charge in [0.15, 0.2) is 0 Å². The van der Waals surface area contributed by atoms with E-state index in [1.54, 1.807) is 0 Å². The van der Waals surface area contributed by atoms with Crippen molar-refractivity contribution in [2.75, 3.05) is 6.61 Å². The first-order valence-corrected chi connectivity index (χ1v) is 4.85. The van der Waals surface area contributed by atoms with E-state index in [-0.39, 0.29) is 0 Å². The number of rotatable bonds is 6. The number of aliphatic hydroxyl groups is 1. The quantitative estimate of drug-likeness (QED) is 0.630. The predicted octanol–water partition coefficient (Wildman–Crippen LogP) is 2.83. The molecule has 0 aliphatic heterocycles. The normalized spacial score (nSPS) is 16.4. The van der Waals surface area contributed by atoms with Gasteiger partial charge in [0.1, 0.15) is 0 Å². The molecule has 0 fully saturated rings. The van der Waals surface area contributed by atoms with E-state index in [4.69, 9.17) is 5.11 Å². The molecule has 0 bridgehead atoms. The largest absolute Gasteiger partial charge is 0.396 e. The van der Waals surface area contributed by atoms with Crippen LogP contribution >= 0.6 is 0 Å². The summed E-state index contributed by atoms with van der Waals surface area (Å²) in [6.07, 6.45) is 4.85. The summed E-state index contributed by atoms with van der Waals surface area (Å²) in [7, 11) is 0. The number of aliphatic hydroxyl groups excluding tert-OH is 1. The van der Waals surface area contributed by atoms with Gasteiger partial charge in [0, 0.05) is 6.61 Å². The van der Waals surface area contributed by atoms with E-state index in [0.717, 1.165) is 12.3 Å². The van der Waals surface area contributed by atoms with Gasteiger partial charge in [0.25, 0.3) is 0 Å². The summed E-state index contributed by atoms with van der Waals surface area (Å²) >= 11 is 0. The molecule has 0 spiro atoms. The van der Waals surface area contributed by atoms with Crippen molar-refractivity contribution in [3.05, 3.63) is 0 Å². The Labute approximate surface area is 70.8 Å². The second-order valence-corrected chi connectivity index (χ2v) is 3.55. The third kappa shape index (κ3) is 5.25. The molecule has 1 N–H and O–H groups in total. The second kappa shape index (κ2) is 6.66. The van der Waals surface area contributed by atoms with Crippen LogP contribution in [0.1, 0.15) is 46.5 Å². The smallest absolute Gasteiger partial charge is 0.0459 e. The van der Waals surface area contributed by atoms with Crippen LogP contribution in [0.15, 0.2) is 0 Å². The molecule has 0 aromatic rings. The molecule has 68 valence electrons. The van der Waals surface area contributed by atoms with Crippen molar-refractivity contribution in [1.29, 1.82) is 0 Å². The van der Waals surface area contributed by atoms with E-state index in [1.165, 1.54) is 19.3 Å². The van der Waals surface area contributed by atoms with Crippen molar-refractivity contribution < 1.29 is 5.11 Å². The van der Waals surface area contributed by atoms with Crippen molar-refractivity contribution in [2.24, 2.45) is 11.8 Å². The zero-order valence-electron chi connectivity index (χ0n) is 8.14. The van der Waals surface area contributed by atoms with Crippen molar-refractivity contribution in [1.82, 2.24) is 0 Å². The molecule has 0 saturated heterocycles. The lowest BCUT2D eigenvalue weighted by Crippen LogP contribution is -2.06. The van der Waals surface area contributed by atoms with Crippen LogP contribution in [0.4, 0.5) is 0 Å². The van der Waals surface area contributed by atoms with Gasteiger partial charge in [-0.05, 0) is 18.3 Å². The van der Waals surface area contributed by atoms with Gasteiger partial charge < -0.3 is 5.11 Å². The highest BCUT2D eigenvalue weighted by molar-refractivity contribution is 4.58. The van der Waals surface area contributed by atoms with Crippen LogP contribution in [-0.4, -0.2) is 11.7 Å². The first-order valence-electron chi connectivity index (χ1n) is 4.85. The Morgan fingerprint density at radius 3 is 2.09 bits per heavy atom. The lowest BCUT2D eigenvalue weighted by Gasteiger charge is -2.13. The zero-order valence-corrected chi connectivity index (χ0v) is 8.14. The summed E-state index contributed by atoms with van der Waals surface area (Å²) in [6, 6.07) is 0. The van der Waals surface area contributed by atoms with Crippen LogP contribution < -0.4 is 0 Å². The topological polar surface area (TPSA) is 20.2 Å². The summed E-state index contributed by atoms with van der Waals surface area (Å²) < 4.78 is 0. The van der Waals surface area contributed by atoms with Crippen LogP contribution in [0.25, 0.3) is 0 Å². The lowest BCUT2D eigenvalue weighted by molar-refractivity contribution is 0.207. The maximum absolute atomic E-state index is 8.91. The number of hydrogen-bond donors (Lipinski definition) is 1. The molecular formula is C10H22O. The van der Waals surface area contributed by atoms with E-state index < -0.39 is 0 Å². The van der Waals surface area contributed by atoms with Crippen LogP contribution in [-0.2, 0) is 0 Å². The van der Waals surface area contributed by atoms with Crippen molar-refractivity contribution in [2.45, 2.75) is 46.5 Å². The highest BCUT2D eigenvalue weighted by Gasteiger charge is 2.06. The highest BCUT2D eigenvalue weighted by Crippen LogP contribution is 2.16. The van der Waals surface area contributed by atoms with E-state index in [1.807, 2.05) is 0 Å². The van der Waals surface area contributed by atoms with Gasteiger partial charge in [-0.1, -0.05) is 40.0 Å². The maximum atomic E-state index is 8.91. The summed E-state index contributed by atoms with van der Waals surface area (Å²) in [5.41, 5.74) is 0. The maximum Gasteiger partial charge on any atom is 0.0459 e. The van der Waals surface area contributed by atoms with Crippen LogP contribution in [0.5, 0.6) is 0 Å². The van der Waals surface area contributed by atoms with Gasteiger partial charge in [-0.2, -0.15) is 0 Å². The fourth-order valence-electron chi connectivity index (χ4n) is 1.15. The SMILES string of the molecule is CCC(C)CCC(CC)CO. The van der Waals surface area contributed by atoms with Gasteiger partial charge in [0.2, 0.25) is 0 Å².